The molecule has 0 saturated carbocycles. The first-order chi connectivity index (χ1) is 11.4. The Bertz CT molecular complexity index is 716. The van der Waals surface area contributed by atoms with Gasteiger partial charge in [0.25, 0.3) is 0 Å². The third kappa shape index (κ3) is 4.05. The monoisotopic (exact) mass is 417 g/mol. The number of carbonyl (C=O) groups excluding carboxylic acids is 1. The summed E-state index contributed by atoms with van der Waals surface area (Å²) in [5, 5.41) is 11.0. The summed E-state index contributed by atoms with van der Waals surface area (Å²) < 4.78 is 126. The fourth-order valence-electron chi connectivity index (χ4n) is 1.70. The van der Waals surface area contributed by atoms with E-state index in [2.05, 4.69) is 0 Å². The lowest BCUT2D eigenvalue weighted by Gasteiger charge is -2.28. The highest BCUT2D eigenvalue weighted by Crippen LogP contribution is 2.47. The predicted molar refractivity (Wildman–Crippen MR) is 65.4 cm³/mol. The molecule has 0 aromatic heterocycles. The van der Waals surface area contributed by atoms with Crippen LogP contribution in [-0.2, 0) is 11.0 Å². The summed E-state index contributed by atoms with van der Waals surface area (Å²) in [5.41, 5.74) is -9.77. The summed E-state index contributed by atoms with van der Waals surface area (Å²) in [6, 6.07) is 1.14. The van der Waals surface area contributed by atoms with Crippen LogP contribution in [0.3, 0.4) is 0 Å². The molecule has 0 bridgehead atoms. The highest BCUT2D eigenvalue weighted by Gasteiger charge is 2.76. The van der Waals surface area contributed by atoms with E-state index in [4.69, 9.17) is 11.6 Å². The molecule has 0 spiro atoms. The standard InChI is InChI=1S/C13H5ClF10O2/c14-5-1-2-6(7(3-5)11(16,17)18)8(25)4-9(26)10(15,12(19,20)21)13(22,23)24/h1-4,25H/p-1/b8-4-. The third-order valence-corrected chi connectivity index (χ3v) is 3.17. The average Bonchev–Trinajstić information content (AvgIpc) is 2.42. The maximum Gasteiger partial charge on any atom is 0.439 e. The van der Waals surface area contributed by atoms with Crippen LogP contribution in [0.4, 0.5) is 43.9 Å². The van der Waals surface area contributed by atoms with Gasteiger partial charge < -0.3 is 5.11 Å². The molecule has 0 fully saturated rings. The minimum atomic E-state index is -6.80. The number of rotatable bonds is 3. The van der Waals surface area contributed by atoms with Gasteiger partial charge in [-0.15, -0.1) is 0 Å². The summed E-state index contributed by atoms with van der Waals surface area (Å²) in [6.45, 7) is 0. The Morgan fingerprint density at radius 1 is 0.923 bits per heavy atom. The topological polar surface area (TPSA) is 40.1 Å². The van der Waals surface area contributed by atoms with Gasteiger partial charge in [-0.05, 0) is 23.8 Å². The van der Waals surface area contributed by atoms with E-state index in [1.54, 1.807) is 0 Å². The lowest BCUT2D eigenvalue weighted by Crippen LogP contribution is -2.58. The molecule has 0 atom stereocenters. The summed E-state index contributed by atoms with van der Waals surface area (Å²) in [4.78, 5) is 11.2. The van der Waals surface area contributed by atoms with Gasteiger partial charge in [0.15, 0.2) is 0 Å². The summed E-state index contributed by atoms with van der Waals surface area (Å²) in [7, 11) is 0. The maximum atomic E-state index is 13.4. The Morgan fingerprint density at radius 3 is 1.77 bits per heavy atom. The zero-order valence-corrected chi connectivity index (χ0v) is 12.5. The van der Waals surface area contributed by atoms with Crippen molar-refractivity contribution < 1.29 is 53.8 Å². The molecule has 0 saturated heterocycles. The van der Waals surface area contributed by atoms with Crippen LogP contribution in [0.2, 0.25) is 5.02 Å². The Morgan fingerprint density at radius 2 is 1.38 bits per heavy atom. The number of halogens is 11. The van der Waals surface area contributed by atoms with E-state index in [-0.39, 0.29) is 6.07 Å². The zero-order valence-electron chi connectivity index (χ0n) is 11.8. The summed E-state index contributed by atoms with van der Waals surface area (Å²) in [5.74, 6) is -5.62. The largest absolute Gasteiger partial charge is 0.872 e. The fraction of sp³-hybridized carbons (Fsp3) is 0.308. The van der Waals surface area contributed by atoms with Crippen LogP contribution in [0.1, 0.15) is 11.1 Å². The van der Waals surface area contributed by atoms with Crippen LogP contribution in [0.15, 0.2) is 24.3 Å². The van der Waals surface area contributed by atoms with Crippen molar-refractivity contribution in [2.75, 3.05) is 0 Å². The molecule has 0 heterocycles. The van der Waals surface area contributed by atoms with Crippen molar-refractivity contribution >= 4 is 23.1 Å². The third-order valence-electron chi connectivity index (χ3n) is 2.94. The van der Waals surface area contributed by atoms with Gasteiger partial charge in [-0.2, -0.15) is 39.5 Å². The Balaban J connectivity index is 3.53. The number of ketones is 1. The highest BCUT2D eigenvalue weighted by atomic mass is 35.5. The number of hydrogen-bond donors (Lipinski definition) is 0. The van der Waals surface area contributed by atoms with E-state index >= 15 is 0 Å². The average molecular weight is 418 g/mol. The van der Waals surface area contributed by atoms with Crippen molar-refractivity contribution in [2.24, 2.45) is 0 Å². The summed E-state index contributed by atoms with van der Waals surface area (Å²) >= 11 is 5.28. The van der Waals surface area contributed by atoms with E-state index in [1.165, 1.54) is 0 Å². The maximum absolute atomic E-state index is 13.4. The quantitative estimate of drug-likeness (QED) is 0.414. The SMILES string of the molecule is O=C(/C=C(\[O-])c1ccc(Cl)cc1C(F)(F)F)C(F)(C(F)(F)F)C(F)(F)F. The molecular weight excluding hydrogens is 414 g/mol. The lowest BCUT2D eigenvalue weighted by molar-refractivity contribution is -0.323. The van der Waals surface area contributed by atoms with Crippen molar-refractivity contribution in [3.8, 4) is 0 Å². The molecule has 13 heteroatoms. The van der Waals surface area contributed by atoms with Gasteiger partial charge in [0.2, 0.25) is 5.78 Å². The molecule has 1 aromatic rings. The van der Waals surface area contributed by atoms with Gasteiger partial charge in [-0.3, -0.25) is 4.79 Å². The molecule has 0 unspecified atom stereocenters. The molecule has 0 radical (unpaired) electrons. The van der Waals surface area contributed by atoms with Crippen LogP contribution in [0, 0.1) is 0 Å². The minimum Gasteiger partial charge on any atom is -0.872 e. The molecule has 0 aliphatic carbocycles. The van der Waals surface area contributed by atoms with E-state index in [0.29, 0.717) is 12.1 Å². The van der Waals surface area contributed by atoms with Crippen molar-refractivity contribution in [2.45, 2.75) is 24.2 Å². The van der Waals surface area contributed by atoms with Gasteiger partial charge in [0.05, 0.1) is 5.56 Å². The first kappa shape index (κ1) is 22.1. The molecule has 0 amide bonds. The Labute approximate surface area is 142 Å². The lowest BCUT2D eigenvalue weighted by atomic mass is 9.96. The zero-order chi connectivity index (χ0) is 20.7. The van der Waals surface area contributed by atoms with Crippen LogP contribution < -0.4 is 5.11 Å². The first-order valence-corrected chi connectivity index (χ1v) is 6.43. The van der Waals surface area contributed by atoms with E-state index < -0.39 is 58.0 Å². The van der Waals surface area contributed by atoms with Gasteiger partial charge in [0, 0.05) is 5.02 Å². The summed E-state index contributed by atoms with van der Waals surface area (Å²) in [6.07, 6.45) is -19.9. The molecule has 2 nitrogen and oxygen atoms in total. The van der Waals surface area contributed by atoms with Gasteiger partial charge in [-0.25, -0.2) is 4.39 Å². The van der Waals surface area contributed by atoms with Crippen LogP contribution in [0.5, 0.6) is 0 Å². The molecule has 0 N–H and O–H groups in total. The second kappa shape index (κ2) is 6.63. The minimum absolute atomic E-state index is 0.156. The number of alkyl halides is 10. The second-order valence-corrected chi connectivity index (χ2v) is 5.15. The molecule has 0 aliphatic heterocycles. The fourth-order valence-corrected chi connectivity index (χ4v) is 1.87. The molecule has 1 aromatic carbocycles. The van der Waals surface area contributed by atoms with Gasteiger partial charge >= 0.3 is 24.2 Å². The van der Waals surface area contributed by atoms with Crippen LogP contribution >= 0.6 is 11.6 Å². The number of carbonyl (C=O) groups is 1. The van der Waals surface area contributed by atoms with Gasteiger partial charge in [-0.1, -0.05) is 23.4 Å². The number of allylic oxidation sites excluding steroid dienone is 1. The molecule has 0 aliphatic rings. The number of benzene rings is 1. The first-order valence-electron chi connectivity index (χ1n) is 6.05. The predicted octanol–water partition coefficient (Wildman–Crippen LogP) is 4.46. The van der Waals surface area contributed by atoms with Crippen molar-refractivity contribution in [1.82, 2.24) is 0 Å². The molecular formula is C13H4ClF10O2-. The Hall–Kier alpha value is -1.98. The van der Waals surface area contributed by atoms with Gasteiger partial charge in [0.1, 0.15) is 0 Å². The van der Waals surface area contributed by atoms with Crippen molar-refractivity contribution in [1.29, 1.82) is 0 Å². The molecule has 146 valence electrons. The van der Waals surface area contributed by atoms with Crippen molar-refractivity contribution in [3.05, 3.63) is 40.4 Å². The second-order valence-electron chi connectivity index (χ2n) is 4.71. The smallest absolute Gasteiger partial charge is 0.439 e. The normalized spacial score (nSPS) is 14.5. The van der Waals surface area contributed by atoms with Crippen LogP contribution in [-0.4, -0.2) is 23.8 Å². The van der Waals surface area contributed by atoms with E-state index in [9.17, 15) is 53.8 Å². The number of hydrogen-bond acceptors (Lipinski definition) is 2. The van der Waals surface area contributed by atoms with E-state index in [0.717, 1.165) is 0 Å². The van der Waals surface area contributed by atoms with Crippen molar-refractivity contribution in [3.63, 3.8) is 0 Å². The van der Waals surface area contributed by atoms with Crippen LogP contribution in [0.25, 0.3) is 5.76 Å². The Kier molecular flexibility index (Phi) is 5.63. The highest BCUT2D eigenvalue weighted by molar-refractivity contribution is 6.30. The van der Waals surface area contributed by atoms with E-state index in [1.807, 2.05) is 0 Å². The molecule has 1 rings (SSSR count). The molecule has 26 heavy (non-hydrogen) atoms.